The second-order valence-corrected chi connectivity index (χ2v) is 3.83. The first-order valence-electron chi connectivity index (χ1n) is 5.55. The summed E-state index contributed by atoms with van der Waals surface area (Å²) in [5, 5.41) is 3.88. The maximum absolute atomic E-state index is 11.9. The molecule has 0 aliphatic rings. The number of esters is 1. The first kappa shape index (κ1) is 12.9. The molecule has 19 heavy (non-hydrogen) atoms. The van der Waals surface area contributed by atoms with Crippen molar-refractivity contribution in [2.75, 3.05) is 12.8 Å². The molecule has 2 N–H and O–H groups in total. The summed E-state index contributed by atoms with van der Waals surface area (Å²) >= 11 is 0. The van der Waals surface area contributed by atoms with Crippen LogP contribution in [0.4, 0.5) is 5.69 Å². The summed E-state index contributed by atoms with van der Waals surface area (Å²) in [5.74, 6) is 0.533. The summed E-state index contributed by atoms with van der Waals surface area (Å²) in [7, 11) is 3.21. The lowest BCUT2D eigenvalue weighted by Gasteiger charge is -2.07. The number of nitrogens with two attached hydrogens (primary N) is 1. The van der Waals surface area contributed by atoms with Crippen molar-refractivity contribution in [1.29, 1.82) is 0 Å². The Morgan fingerprint density at radius 2 is 2.26 bits per heavy atom. The normalized spacial score (nSPS) is 10.2. The van der Waals surface area contributed by atoms with Gasteiger partial charge in [0.15, 0.2) is 12.4 Å². The van der Waals surface area contributed by atoms with Gasteiger partial charge in [-0.25, -0.2) is 9.78 Å². The average molecular weight is 262 g/mol. The Labute approximate surface area is 110 Å². The quantitative estimate of drug-likeness (QED) is 0.646. The molecule has 1 heterocycles. The minimum atomic E-state index is -0.471. The molecule has 2 rings (SSSR count). The van der Waals surface area contributed by atoms with Crippen LogP contribution in [0.5, 0.6) is 5.75 Å². The smallest absolute Gasteiger partial charge is 0.338 e. The molecule has 0 aliphatic carbocycles. The van der Waals surface area contributed by atoms with Crippen LogP contribution in [-0.2, 0) is 18.4 Å². The van der Waals surface area contributed by atoms with Gasteiger partial charge >= 0.3 is 5.97 Å². The first-order chi connectivity index (χ1) is 9.11. The van der Waals surface area contributed by atoms with Crippen LogP contribution in [0.25, 0.3) is 0 Å². The van der Waals surface area contributed by atoms with E-state index in [1.807, 2.05) is 0 Å². The number of hydrogen-bond acceptors (Lipinski definition) is 6. The molecular weight excluding hydrogens is 248 g/mol. The molecule has 0 atom stereocenters. The molecule has 0 unspecified atom stereocenters. The van der Waals surface area contributed by atoms with Crippen LogP contribution in [-0.4, -0.2) is 27.8 Å². The Morgan fingerprint density at radius 3 is 2.89 bits per heavy atom. The molecule has 7 heteroatoms. The molecule has 100 valence electrons. The first-order valence-corrected chi connectivity index (χ1v) is 5.55. The number of hydrogen-bond donors (Lipinski definition) is 1. The van der Waals surface area contributed by atoms with Crippen molar-refractivity contribution < 1.29 is 14.3 Å². The Kier molecular flexibility index (Phi) is 3.65. The van der Waals surface area contributed by atoms with Crippen molar-refractivity contribution in [1.82, 2.24) is 14.8 Å². The van der Waals surface area contributed by atoms with Gasteiger partial charge < -0.3 is 15.2 Å². The Balaban J connectivity index is 2.06. The van der Waals surface area contributed by atoms with Crippen molar-refractivity contribution >= 4 is 11.7 Å². The van der Waals surface area contributed by atoms with Gasteiger partial charge in [0.1, 0.15) is 12.1 Å². The highest BCUT2D eigenvalue weighted by molar-refractivity contribution is 5.90. The van der Waals surface area contributed by atoms with Gasteiger partial charge in [-0.05, 0) is 18.2 Å². The van der Waals surface area contributed by atoms with Crippen LogP contribution in [0.2, 0.25) is 0 Å². The Morgan fingerprint density at radius 1 is 1.47 bits per heavy atom. The van der Waals surface area contributed by atoms with Crippen molar-refractivity contribution in [2.24, 2.45) is 7.05 Å². The molecule has 0 spiro atoms. The van der Waals surface area contributed by atoms with Crippen molar-refractivity contribution in [3.63, 3.8) is 0 Å². The van der Waals surface area contributed by atoms with E-state index < -0.39 is 5.97 Å². The molecule has 0 fully saturated rings. The molecule has 0 aliphatic heterocycles. The summed E-state index contributed by atoms with van der Waals surface area (Å²) < 4.78 is 11.7. The van der Waals surface area contributed by atoms with E-state index in [4.69, 9.17) is 15.2 Å². The predicted molar refractivity (Wildman–Crippen MR) is 67.5 cm³/mol. The number of aryl methyl sites for hydroxylation is 1. The number of methoxy groups -OCH3 is 1. The standard InChI is InChI=1S/C12H14N4O3/c1-16-11(14-7-15-16)6-19-12(17)8-3-4-9(13)10(5-8)18-2/h3-5,7H,6,13H2,1-2H3. The fourth-order valence-electron chi connectivity index (χ4n) is 1.50. The summed E-state index contributed by atoms with van der Waals surface area (Å²) in [6, 6.07) is 4.71. The van der Waals surface area contributed by atoms with E-state index in [1.54, 1.807) is 19.2 Å². The molecule has 1 aromatic heterocycles. The third-order valence-electron chi connectivity index (χ3n) is 2.61. The molecule has 2 aromatic rings. The predicted octanol–water partition coefficient (Wildman–Crippen LogP) is 0.763. The highest BCUT2D eigenvalue weighted by Crippen LogP contribution is 2.22. The van der Waals surface area contributed by atoms with E-state index in [0.29, 0.717) is 22.8 Å². The van der Waals surface area contributed by atoms with E-state index >= 15 is 0 Å². The highest BCUT2D eigenvalue weighted by Gasteiger charge is 2.11. The van der Waals surface area contributed by atoms with Crippen LogP contribution < -0.4 is 10.5 Å². The maximum Gasteiger partial charge on any atom is 0.338 e. The molecule has 0 radical (unpaired) electrons. The number of anilines is 1. The zero-order chi connectivity index (χ0) is 13.8. The molecule has 0 saturated heterocycles. The fourth-order valence-corrected chi connectivity index (χ4v) is 1.50. The summed E-state index contributed by atoms with van der Waals surface area (Å²) in [5.41, 5.74) is 6.51. The number of aromatic nitrogens is 3. The molecular formula is C12H14N4O3. The van der Waals surface area contributed by atoms with Crippen LogP contribution in [0.1, 0.15) is 16.2 Å². The second-order valence-electron chi connectivity index (χ2n) is 3.83. The second kappa shape index (κ2) is 5.38. The fraction of sp³-hybridized carbons (Fsp3) is 0.250. The molecule has 1 aromatic carbocycles. The van der Waals surface area contributed by atoms with E-state index in [0.717, 1.165) is 0 Å². The van der Waals surface area contributed by atoms with Crippen LogP contribution in [0.3, 0.4) is 0 Å². The van der Waals surface area contributed by atoms with Gasteiger partial charge in [0, 0.05) is 7.05 Å². The SMILES string of the molecule is COc1cc(C(=O)OCc2ncnn2C)ccc1N. The Bertz CT molecular complexity index is 594. The maximum atomic E-state index is 11.9. The lowest BCUT2D eigenvalue weighted by atomic mass is 10.2. The molecule has 0 bridgehead atoms. The van der Waals surface area contributed by atoms with Gasteiger partial charge in [-0.3, -0.25) is 4.68 Å². The topological polar surface area (TPSA) is 92.3 Å². The van der Waals surface area contributed by atoms with Gasteiger partial charge in [0.2, 0.25) is 0 Å². The monoisotopic (exact) mass is 262 g/mol. The molecule has 0 amide bonds. The van der Waals surface area contributed by atoms with Gasteiger partial charge in [0.25, 0.3) is 0 Å². The number of benzene rings is 1. The van der Waals surface area contributed by atoms with Crippen LogP contribution in [0.15, 0.2) is 24.5 Å². The van der Waals surface area contributed by atoms with Gasteiger partial charge in [-0.2, -0.15) is 5.10 Å². The van der Waals surface area contributed by atoms with E-state index in [1.165, 1.54) is 24.2 Å². The van der Waals surface area contributed by atoms with Crippen LogP contribution in [0, 0.1) is 0 Å². The molecule has 7 nitrogen and oxygen atoms in total. The van der Waals surface area contributed by atoms with Gasteiger partial charge in [-0.1, -0.05) is 0 Å². The third-order valence-corrected chi connectivity index (χ3v) is 2.61. The van der Waals surface area contributed by atoms with Crippen molar-refractivity contribution in [2.45, 2.75) is 6.61 Å². The lowest BCUT2D eigenvalue weighted by molar-refractivity contribution is 0.0458. The number of carbonyl (C=O) groups excluding carboxylic acids is 1. The van der Waals surface area contributed by atoms with E-state index in [9.17, 15) is 4.79 Å². The summed E-state index contributed by atoms with van der Waals surface area (Å²) in [6.45, 7) is 0.0576. The highest BCUT2D eigenvalue weighted by atomic mass is 16.5. The molecule has 0 saturated carbocycles. The number of carbonyl (C=O) groups is 1. The minimum absolute atomic E-state index is 0.0576. The van der Waals surface area contributed by atoms with E-state index in [-0.39, 0.29) is 6.61 Å². The minimum Gasteiger partial charge on any atom is -0.495 e. The summed E-state index contributed by atoms with van der Waals surface area (Å²) in [6.07, 6.45) is 1.40. The van der Waals surface area contributed by atoms with Gasteiger partial charge in [-0.15, -0.1) is 0 Å². The number of nitrogens with zero attached hydrogens (tertiary/aromatic N) is 3. The van der Waals surface area contributed by atoms with E-state index in [2.05, 4.69) is 10.1 Å². The largest absolute Gasteiger partial charge is 0.495 e. The lowest BCUT2D eigenvalue weighted by Crippen LogP contribution is -2.09. The number of ether oxygens (including phenoxy) is 2. The van der Waals surface area contributed by atoms with Crippen molar-refractivity contribution in [3.05, 3.63) is 35.9 Å². The van der Waals surface area contributed by atoms with Crippen molar-refractivity contribution in [3.8, 4) is 5.75 Å². The third kappa shape index (κ3) is 2.82. The van der Waals surface area contributed by atoms with Gasteiger partial charge in [0.05, 0.1) is 18.4 Å². The van der Waals surface area contributed by atoms with Crippen LogP contribution >= 0.6 is 0 Å². The average Bonchev–Trinajstić information content (AvgIpc) is 2.82. The number of nitrogen functional groups attached to an aromatic ring is 1. The summed E-state index contributed by atoms with van der Waals surface area (Å²) in [4.78, 5) is 15.8. The Hall–Kier alpha value is -2.57. The zero-order valence-electron chi connectivity index (χ0n) is 10.7. The number of rotatable bonds is 4. The zero-order valence-corrected chi connectivity index (χ0v) is 10.7.